The van der Waals surface area contributed by atoms with Crippen molar-refractivity contribution >= 4 is 17.6 Å². The number of H-pyrrole nitrogens is 1. The Morgan fingerprint density at radius 2 is 2.06 bits per heavy atom. The molecular formula is C10H7ClN2O3. The van der Waals surface area contributed by atoms with Crippen LogP contribution in [0, 0.1) is 0 Å². The molecule has 2 rings (SSSR count). The molecule has 0 aliphatic heterocycles. The third kappa shape index (κ3) is 1.61. The fraction of sp³-hybridized carbons (Fsp3) is 0. The van der Waals surface area contributed by atoms with Gasteiger partial charge in [0.2, 0.25) is 0 Å². The number of hydrogen-bond donors (Lipinski definition) is 2. The van der Waals surface area contributed by atoms with Crippen molar-refractivity contribution in [1.29, 1.82) is 0 Å². The lowest BCUT2D eigenvalue weighted by Crippen LogP contribution is -2.19. The zero-order valence-corrected chi connectivity index (χ0v) is 8.73. The molecule has 0 aliphatic rings. The first kappa shape index (κ1) is 10.5. The Balaban J connectivity index is 2.74. The molecule has 1 aromatic heterocycles. The molecule has 0 unspecified atom stereocenters. The predicted octanol–water partition coefficient (Wildman–Crippen LogP) is 1.52. The Kier molecular flexibility index (Phi) is 2.54. The van der Waals surface area contributed by atoms with Crippen LogP contribution >= 0.6 is 11.6 Å². The SMILES string of the molecule is O=C(O)c1c[nH]c(=O)n1-c1ccccc1Cl. The molecular weight excluding hydrogens is 232 g/mol. The minimum atomic E-state index is -1.20. The molecule has 0 radical (unpaired) electrons. The van der Waals surface area contributed by atoms with E-state index < -0.39 is 11.7 Å². The molecule has 1 aromatic carbocycles. The third-order valence-corrected chi connectivity index (χ3v) is 2.41. The van der Waals surface area contributed by atoms with E-state index in [-0.39, 0.29) is 5.69 Å². The van der Waals surface area contributed by atoms with Crippen LogP contribution in [0.25, 0.3) is 5.69 Å². The summed E-state index contributed by atoms with van der Waals surface area (Å²) in [6.45, 7) is 0. The van der Waals surface area contributed by atoms with Gasteiger partial charge < -0.3 is 10.1 Å². The van der Waals surface area contributed by atoms with Crippen molar-refractivity contribution in [3.05, 3.63) is 51.7 Å². The van der Waals surface area contributed by atoms with Crippen LogP contribution in [0.5, 0.6) is 0 Å². The number of imidazole rings is 1. The largest absolute Gasteiger partial charge is 0.477 e. The lowest BCUT2D eigenvalue weighted by atomic mass is 10.3. The van der Waals surface area contributed by atoms with Crippen LogP contribution in [0.3, 0.4) is 0 Å². The van der Waals surface area contributed by atoms with Crippen molar-refractivity contribution in [2.45, 2.75) is 0 Å². The van der Waals surface area contributed by atoms with E-state index in [1.807, 2.05) is 0 Å². The number of aromatic carboxylic acids is 1. The average Bonchev–Trinajstić information content (AvgIpc) is 2.61. The Morgan fingerprint density at radius 3 is 2.69 bits per heavy atom. The molecule has 16 heavy (non-hydrogen) atoms. The van der Waals surface area contributed by atoms with Crippen molar-refractivity contribution in [3.8, 4) is 5.69 Å². The average molecular weight is 239 g/mol. The minimum absolute atomic E-state index is 0.155. The fourth-order valence-corrected chi connectivity index (χ4v) is 1.62. The van der Waals surface area contributed by atoms with Crippen molar-refractivity contribution < 1.29 is 9.90 Å². The van der Waals surface area contributed by atoms with Gasteiger partial charge in [0.25, 0.3) is 0 Å². The number of para-hydroxylation sites is 1. The number of rotatable bonds is 2. The smallest absolute Gasteiger partial charge is 0.354 e. The summed E-state index contributed by atoms with van der Waals surface area (Å²) in [5.41, 5.74) is -0.351. The van der Waals surface area contributed by atoms with Crippen LogP contribution in [0.2, 0.25) is 5.02 Å². The van der Waals surface area contributed by atoms with Gasteiger partial charge in [0, 0.05) is 6.20 Å². The first-order valence-electron chi connectivity index (χ1n) is 4.40. The number of benzene rings is 1. The van der Waals surface area contributed by atoms with Crippen molar-refractivity contribution in [2.24, 2.45) is 0 Å². The standard InChI is InChI=1S/C10H7ClN2O3/c11-6-3-1-2-4-7(6)13-8(9(14)15)5-12-10(13)16/h1-5H,(H,12,16)(H,14,15). The zero-order valence-electron chi connectivity index (χ0n) is 7.98. The van der Waals surface area contributed by atoms with Gasteiger partial charge in [-0.25, -0.2) is 9.59 Å². The van der Waals surface area contributed by atoms with Gasteiger partial charge in [-0.2, -0.15) is 0 Å². The molecule has 82 valence electrons. The number of carboxylic acid groups (broad SMARTS) is 1. The summed E-state index contributed by atoms with van der Waals surface area (Å²) in [5, 5.41) is 9.22. The number of aromatic nitrogens is 2. The summed E-state index contributed by atoms with van der Waals surface area (Å²) in [4.78, 5) is 24.7. The topological polar surface area (TPSA) is 75.1 Å². The maximum atomic E-state index is 11.5. The molecule has 1 heterocycles. The van der Waals surface area contributed by atoms with E-state index in [1.165, 1.54) is 0 Å². The zero-order chi connectivity index (χ0) is 11.7. The molecule has 0 spiro atoms. The van der Waals surface area contributed by atoms with Crippen LogP contribution in [0.4, 0.5) is 0 Å². The van der Waals surface area contributed by atoms with E-state index in [9.17, 15) is 9.59 Å². The lowest BCUT2D eigenvalue weighted by Gasteiger charge is -2.05. The van der Waals surface area contributed by atoms with Crippen LogP contribution in [0.15, 0.2) is 35.3 Å². The maximum absolute atomic E-state index is 11.5. The quantitative estimate of drug-likeness (QED) is 0.833. The van der Waals surface area contributed by atoms with E-state index in [4.69, 9.17) is 16.7 Å². The Hall–Kier alpha value is -2.01. The van der Waals surface area contributed by atoms with E-state index >= 15 is 0 Å². The highest BCUT2D eigenvalue weighted by atomic mass is 35.5. The highest BCUT2D eigenvalue weighted by Gasteiger charge is 2.15. The predicted molar refractivity (Wildman–Crippen MR) is 58.4 cm³/mol. The number of hydrogen-bond acceptors (Lipinski definition) is 2. The number of nitrogens with one attached hydrogen (secondary N) is 1. The fourth-order valence-electron chi connectivity index (χ4n) is 1.40. The van der Waals surface area contributed by atoms with Crippen LogP contribution in [-0.2, 0) is 0 Å². The molecule has 2 aromatic rings. The molecule has 0 saturated carbocycles. The van der Waals surface area contributed by atoms with Crippen LogP contribution in [0.1, 0.15) is 10.5 Å². The van der Waals surface area contributed by atoms with Crippen molar-refractivity contribution in [3.63, 3.8) is 0 Å². The van der Waals surface area contributed by atoms with Gasteiger partial charge in [-0.1, -0.05) is 23.7 Å². The lowest BCUT2D eigenvalue weighted by molar-refractivity contribution is 0.0688. The number of nitrogens with zero attached hydrogens (tertiary/aromatic N) is 1. The van der Waals surface area contributed by atoms with Gasteiger partial charge in [0.15, 0.2) is 5.69 Å². The molecule has 0 bridgehead atoms. The molecule has 0 fully saturated rings. The minimum Gasteiger partial charge on any atom is -0.477 e. The van der Waals surface area contributed by atoms with E-state index in [0.29, 0.717) is 10.7 Å². The molecule has 5 nitrogen and oxygen atoms in total. The van der Waals surface area contributed by atoms with Gasteiger partial charge in [-0.05, 0) is 12.1 Å². The summed E-state index contributed by atoms with van der Waals surface area (Å²) >= 11 is 5.90. The number of carbonyl (C=O) groups is 1. The highest BCUT2D eigenvalue weighted by Crippen LogP contribution is 2.19. The molecule has 0 atom stereocenters. The van der Waals surface area contributed by atoms with Crippen LogP contribution in [-0.4, -0.2) is 20.6 Å². The first-order chi connectivity index (χ1) is 7.61. The number of carboxylic acids is 1. The Morgan fingerprint density at radius 1 is 1.38 bits per heavy atom. The summed E-state index contributed by atoms with van der Waals surface area (Å²) in [7, 11) is 0. The van der Waals surface area contributed by atoms with Crippen molar-refractivity contribution in [2.75, 3.05) is 0 Å². The summed E-state index contributed by atoms with van der Waals surface area (Å²) in [6.07, 6.45) is 1.13. The Labute approximate surface area is 94.9 Å². The van der Waals surface area contributed by atoms with E-state index in [0.717, 1.165) is 10.8 Å². The second-order valence-electron chi connectivity index (χ2n) is 3.07. The summed E-state index contributed by atoms with van der Waals surface area (Å²) < 4.78 is 1.02. The second-order valence-corrected chi connectivity index (χ2v) is 3.48. The maximum Gasteiger partial charge on any atom is 0.354 e. The summed E-state index contributed by atoms with van der Waals surface area (Å²) in [5.74, 6) is -1.20. The second kappa shape index (κ2) is 3.86. The first-order valence-corrected chi connectivity index (χ1v) is 4.77. The van der Waals surface area contributed by atoms with Crippen molar-refractivity contribution in [1.82, 2.24) is 9.55 Å². The molecule has 0 aliphatic carbocycles. The van der Waals surface area contributed by atoms with Gasteiger partial charge in [-0.15, -0.1) is 0 Å². The highest BCUT2D eigenvalue weighted by molar-refractivity contribution is 6.32. The van der Waals surface area contributed by atoms with E-state index in [1.54, 1.807) is 24.3 Å². The van der Waals surface area contributed by atoms with Gasteiger partial charge in [0.05, 0.1) is 10.7 Å². The summed E-state index contributed by atoms with van der Waals surface area (Å²) in [6, 6.07) is 6.53. The third-order valence-electron chi connectivity index (χ3n) is 2.09. The molecule has 6 heteroatoms. The van der Waals surface area contributed by atoms with Gasteiger partial charge in [0.1, 0.15) is 0 Å². The monoisotopic (exact) mass is 238 g/mol. The van der Waals surface area contributed by atoms with Crippen LogP contribution < -0.4 is 5.69 Å². The van der Waals surface area contributed by atoms with E-state index in [2.05, 4.69) is 4.98 Å². The van der Waals surface area contributed by atoms with Gasteiger partial charge in [-0.3, -0.25) is 4.57 Å². The normalized spacial score (nSPS) is 10.3. The molecule has 0 amide bonds. The Bertz CT molecular complexity index is 600. The number of aromatic amines is 1. The molecule has 0 saturated heterocycles. The number of halogens is 1. The van der Waals surface area contributed by atoms with Gasteiger partial charge >= 0.3 is 11.7 Å². The molecule has 2 N–H and O–H groups in total.